The van der Waals surface area contributed by atoms with Gasteiger partial charge in [0, 0.05) is 25.4 Å². The summed E-state index contributed by atoms with van der Waals surface area (Å²) in [6.45, 7) is 1.28. The lowest BCUT2D eigenvalue weighted by Gasteiger charge is -2.31. The monoisotopic (exact) mass is 338 g/mol. The fraction of sp³-hybridized carbons (Fsp3) is 0.667. The number of carbonyl (C=O) groups excluding carboxylic acids is 2. The van der Waals surface area contributed by atoms with Crippen molar-refractivity contribution in [2.24, 2.45) is 0 Å². The Labute approximate surface area is 142 Å². The third-order valence-electron chi connectivity index (χ3n) is 4.34. The normalized spacial score (nSPS) is 25.9. The highest BCUT2D eigenvalue weighted by atomic mass is 16.5. The third-order valence-corrected chi connectivity index (χ3v) is 4.34. The van der Waals surface area contributed by atoms with Gasteiger partial charge >= 0.3 is 11.9 Å². The maximum Gasteiger partial charge on any atom is 0.330 e. The van der Waals surface area contributed by atoms with Gasteiger partial charge in [-0.15, -0.1) is 0 Å². The molecule has 2 aliphatic heterocycles. The zero-order valence-electron chi connectivity index (χ0n) is 14.4. The van der Waals surface area contributed by atoms with E-state index in [9.17, 15) is 9.59 Å². The standard InChI is InChI=1S/C18H26O6/c1-21-17(19)11-13(15-7-3-5-9-23-15)14(12-18(20)22-2)16-8-4-6-10-24-16/h11-12,15-16H,3-10H2,1-2H3. The fourth-order valence-electron chi connectivity index (χ4n) is 3.07. The van der Waals surface area contributed by atoms with Gasteiger partial charge < -0.3 is 18.9 Å². The molecule has 6 heteroatoms. The zero-order valence-corrected chi connectivity index (χ0v) is 14.4. The second kappa shape index (κ2) is 9.59. The van der Waals surface area contributed by atoms with E-state index < -0.39 is 11.9 Å². The number of ether oxygens (including phenoxy) is 4. The lowest BCUT2D eigenvalue weighted by Crippen LogP contribution is -2.30. The quantitative estimate of drug-likeness (QED) is 0.435. The number of esters is 2. The minimum Gasteiger partial charge on any atom is -0.466 e. The summed E-state index contributed by atoms with van der Waals surface area (Å²) in [5.74, 6) is -0.934. The highest BCUT2D eigenvalue weighted by molar-refractivity contribution is 5.87. The highest BCUT2D eigenvalue weighted by Crippen LogP contribution is 2.31. The topological polar surface area (TPSA) is 71.1 Å². The van der Waals surface area contributed by atoms with Crippen LogP contribution in [-0.2, 0) is 28.5 Å². The molecule has 2 saturated heterocycles. The van der Waals surface area contributed by atoms with Crippen LogP contribution < -0.4 is 0 Å². The van der Waals surface area contributed by atoms with Gasteiger partial charge in [0.25, 0.3) is 0 Å². The van der Waals surface area contributed by atoms with Crippen LogP contribution in [0.25, 0.3) is 0 Å². The summed E-state index contributed by atoms with van der Waals surface area (Å²) < 4.78 is 21.3. The molecule has 0 bridgehead atoms. The Balaban J connectivity index is 2.37. The second-order valence-corrected chi connectivity index (χ2v) is 5.96. The maximum atomic E-state index is 11.9. The number of rotatable bonds is 5. The number of methoxy groups -OCH3 is 2. The van der Waals surface area contributed by atoms with Crippen molar-refractivity contribution in [1.29, 1.82) is 0 Å². The molecule has 2 fully saturated rings. The average molecular weight is 338 g/mol. The summed E-state index contributed by atoms with van der Waals surface area (Å²) >= 11 is 0. The molecule has 2 aliphatic rings. The first-order chi connectivity index (χ1) is 11.7. The van der Waals surface area contributed by atoms with Gasteiger partial charge in [-0.1, -0.05) is 0 Å². The summed E-state index contributed by atoms with van der Waals surface area (Å²) in [6, 6.07) is 0. The summed E-state index contributed by atoms with van der Waals surface area (Å²) in [4.78, 5) is 23.7. The molecule has 134 valence electrons. The van der Waals surface area contributed by atoms with E-state index in [0.29, 0.717) is 24.4 Å². The molecule has 0 aromatic rings. The molecule has 24 heavy (non-hydrogen) atoms. The molecule has 0 aromatic carbocycles. The average Bonchev–Trinajstić information content (AvgIpc) is 2.65. The van der Waals surface area contributed by atoms with Gasteiger partial charge in [-0.05, 0) is 49.7 Å². The van der Waals surface area contributed by atoms with E-state index >= 15 is 0 Å². The maximum absolute atomic E-state index is 11.9. The van der Waals surface area contributed by atoms with Crippen LogP contribution in [0.5, 0.6) is 0 Å². The van der Waals surface area contributed by atoms with E-state index in [1.54, 1.807) is 0 Å². The van der Waals surface area contributed by atoms with E-state index in [4.69, 9.17) is 18.9 Å². The number of hydrogen-bond acceptors (Lipinski definition) is 6. The van der Waals surface area contributed by atoms with Crippen molar-refractivity contribution in [2.45, 2.75) is 50.7 Å². The van der Waals surface area contributed by atoms with Crippen molar-refractivity contribution in [1.82, 2.24) is 0 Å². The minimum atomic E-state index is -0.467. The lowest BCUT2D eigenvalue weighted by atomic mass is 9.88. The van der Waals surface area contributed by atoms with Gasteiger partial charge in [0.2, 0.25) is 0 Å². The Bertz CT molecular complexity index is 450. The van der Waals surface area contributed by atoms with Crippen molar-refractivity contribution in [3.05, 3.63) is 23.3 Å². The first-order valence-corrected chi connectivity index (χ1v) is 8.48. The Morgan fingerprint density at radius 3 is 1.50 bits per heavy atom. The van der Waals surface area contributed by atoms with Crippen molar-refractivity contribution < 1.29 is 28.5 Å². The van der Waals surface area contributed by atoms with E-state index in [1.807, 2.05) is 0 Å². The third kappa shape index (κ3) is 5.18. The molecule has 0 aliphatic carbocycles. The fourth-order valence-corrected chi connectivity index (χ4v) is 3.07. The predicted octanol–water partition coefficient (Wildman–Crippen LogP) is 2.32. The SMILES string of the molecule is COC(=O)C=C(C(=CC(=O)OC)C1CCCCO1)C1CCCCO1. The van der Waals surface area contributed by atoms with Crippen LogP contribution in [0, 0.1) is 0 Å². The first-order valence-electron chi connectivity index (χ1n) is 8.48. The van der Waals surface area contributed by atoms with E-state index in [2.05, 4.69) is 0 Å². The zero-order chi connectivity index (χ0) is 17.4. The largest absolute Gasteiger partial charge is 0.466 e. The summed E-state index contributed by atoms with van der Waals surface area (Å²) in [5.41, 5.74) is 1.33. The van der Waals surface area contributed by atoms with Crippen LogP contribution in [0.1, 0.15) is 38.5 Å². The molecule has 2 rings (SSSR count). The smallest absolute Gasteiger partial charge is 0.330 e. The number of carbonyl (C=O) groups is 2. The Kier molecular flexibility index (Phi) is 7.46. The van der Waals surface area contributed by atoms with Crippen LogP contribution in [0.3, 0.4) is 0 Å². The summed E-state index contributed by atoms with van der Waals surface area (Å²) in [7, 11) is 2.66. The predicted molar refractivity (Wildman–Crippen MR) is 87.4 cm³/mol. The van der Waals surface area contributed by atoms with Crippen LogP contribution in [0.2, 0.25) is 0 Å². The molecule has 2 heterocycles. The van der Waals surface area contributed by atoms with Crippen molar-refractivity contribution >= 4 is 11.9 Å². The van der Waals surface area contributed by atoms with E-state index in [-0.39, 0.29) is 12.2 Å². The van der Waals surface area contributed by atoms with Crippen LogP contribution in [-0.4, -0.2) is 51.6 Å². The molecule has 2 unspecified atom stereocenters. The summed E-state index contributed by atoms with van der Waals surface area (Å²) in [6.07, 6.45) is 7.99. The Morgan fingerprint density at radius 1 is 0.792 bits per heavy atom. The second-order valence-electron chi connectivity index (χ2n) is 5.96. The van der Waals surface area contributed by atoms with Gasteiger partial charge in [0.05, 0.1) is 26.4 Å². The molecular formula is C18H26O6. The molecule has 0 aromatic heterocycles. The Morgan fingerprint density at radius 2 is 1.21 bits per heavy atom. The van der Waals surface area contributed by atoms with Crippen LogP contribution in [0.15, 0.2) is 23.3 Å². The van der Waals surface area contributed by atoms with Crippen LogP contribution >= 0.6 is 0 Å². The molecule has 2 atom stereocenters. The number of hydrogen-bond donors (Lipinski definition) is 0. The highest BCUT2D eigenvalue weighted by Gasteiger charge is 2.29. The van der Waals surface area contributed by atoms with Gasteiger partial charge in [0.1, 0.15) is 0 Å². The van der Waals surface area contributed by atoms with Crippen molar-refractivity contribution in [2.75, 3.05) is 27.4 Å². The van der Waals surface area contributed by atoms with Gasteiger partial charge in [-0.25, -0.2) is 9.59 Å². The molecule has 0 N–H and O–H groups in total. The van der Waals surface area contributed by atoms with Gasteiger partial charge in [0.15, 0.2) is 0 Å². The first kappa shape index (κ1) is 18.7. The van der Waals surface area contributed by atoms with E-state index in [0.717, 1.165) is 38.5 Å². The Hall–Kier alpha value is -1.66. The molecular weight excluding hydrogens is 312 g/mol. The lowest BCUT2D eigenvalue weighted by molar-refractivity contribution is -0.136. The molecule has 0 saturated carbocycles. The molecule has 0 radical (unpaired) electrons. The van der Waals surface area contributed by atoms with E-state index in [1.165, 1.54) is 26.4 Å². The van der Waals surface area contributed by atoms with Gasteiger partial charge in [-0.2, -0.15) is 0 Å². The molecule has 0 amide bonds. The van der Waals surface area contributed by atoms with Crippen molar-refractivity contribution in [3.63, 3.8) is 0 Å². The van der Waals surface area contributed by atoms with Crippen LogP contribution in [0.4, 0.5) is 0 Å². The van der Waals surface area contributed by atoms with Crippen molar-refractivity contribution in [3.8, 4) is 0 Å². The molecule has 6 nitrogen and oxygen atoms in total. The minimum absolute atomic E-state index is 0.237. The van der Waals surface area contributed by atoms with Gasteiger partial charge in [-0.3, -0.25) is 0 Å². The molecule has 0 spiro atoms. The summed E-state index contributed by atoms with van der Waals surface area (Å²) in [5, 5.41) is 0.